The molecule has 6 heteroatoms. The third-order valence-electron chi connectivity index (χ3n) is 4.27. The number of carbonyl (C=O) groups excluding carboxylic acids is 2. The number of amides is 2. The van der Waals surface area contributed by atoms with E-state index in [1.54, 1.807) is 18.2 Å². The molecule has 1 aromatic carbocycles. The van der Waals surface area contributed by atoms with Crippen LogP contribution in [0.5, 0.6) is 5.75 Å². The lowest BCUT2D eigenvalue weighted by molar-refractivity contribution is -0.136. The average molecular weight is 347 g/mol. The van der Waals surface area contributed by atoms with Gasteiger partial charge < -0.3 is 20.3 Å². The molecular formula is C19H29N3O3. The maximum Gasteiger partial charge on any atom is 0.313 e. The maximum absolute atomic E-state index is 12.1. The molecule has 0 aliphatic carbocycles. The first kappa shape index (κ1) is 19.2. The number of hydrogen-bond acceptors (Lipinski definition) is 4. The van der Waals surface area contributed by atoms with Crippen molar-refractivity contribution in [1.82, 2.24) is 10.2 Å². The van der Waals surface area contributed by atoms with Gasteiger partial charge in [-0.25, -0.2) is 0 Å². The fraction of sp³-hybridized carbons (Fsp3) is 0.579. The molecule has 1 heterocycles. The van der Waals surface area contributed by atoms with Crippen LogP contribution < -0.4 is 15.4 Å². The normalized spacial score (nSPS) is 16.1. The number of rotatable bonds is 7. The van der Waals surface area contributed by atoms with E-state index >= 15 is 0 Å². The van der Waals surface area contributed by atoms with Crippen molar-refractivity contribution in [2.45, 2.75) is 33.1 Å². The number of para-hydroxylation sites is 2. The summed E-state index contributed by atoms with van der Waals surface area (Å²) in [7, 11) is 0. The monoisotopic (exact) mass is 347 g/mol. The van der Waals surface area contributed by atoms with Gasteiger partial charge in [-0.2, -0.15) is 0 Å². The molecule has 0 aromatic heterocycles. The lowest BCUT2D eigenvalue weighted by Crippen LogP contribution is -2.41. The standard InChI is InChI=1S/C19H29N3O3/c1-3-25-17-10-6-5-9-16(17)21-19(24)18(23)20-13-15(2)14-22-11-7-4-8-12-22/h5-6,9-10,15H,3-4,7-8,11-14H2,1-2H3,(H,20,23)(H,21,24). The minimum absolute atomic E-state index is 0.311. The van der Waals surface area contributed by atoms with Crippen molar-refractivity contribution < 1.29 is 14.3 Å². The third-order valence-corrected chi connectivity index (χ3v) is 4.27. The van der Waals surface area contributed by atoms with Gasteiger partial charge in [0.15, 0.2) is 0 Å². The van der Waals surface area contributed by atoms with Crippen LogP contribution in [0.15, 0.2) is 24.3 Å². The summed E-state index contributed by atoms with van der Waals surface area (Å²) in [4.78, 5) is 26.5. The Balaban J connectivity index is 1.77. The topological polar surface area (TPSA) is 70.7 Å². The Morgan fingerprint density at radius 3 is 2.60 bits per heavy atom. The van der Waals surface area contributed by atoms with Crippen molar-refractivity contribution in [2.75, 3.05) is 38.1 Å². The zero-order chi connectivity index (χ0) is 18.1. The summed E-state index contributed by atoms with van der Waals surface area (Å²) in [6.07, 6.45) is 3.81. The van der Waals surface area contributed by atoms with Gasteiger partial charge in [-0.15, -0.1) is 0 Å². The fourth-order valence-corrected chi connectivity index (χ4v) is 3.02. The number of benzene rings is 1. The van der Waals surface area contributed by atoms with E-state index in [-0.39, 0.29) is 0 Å². The third kappa shape index (κ3) is 6.38. The summed E-state index contributed by atoms with van der Waals surface area (Å²) in [6, 6.07) is 7.09. The van der Waals surface area contributed by atoms with E-state index < -0.39 is 11.8 Å². The van der Waals surface area contributed by atoms with E-state index in [1.165, 1.54) is 19.3 Å². The second-order valence-corrected chi connectivity index (χ2v) is 6.56. The number of hydrogen-bond donors (Lipinski definition) is 2. The zero-order valence-corrected chi connectivity index (χ0v) is 15.2. The summed E-state index contributed by atoms with van der Waals surface area (Å²) in [5.74, 6) is -0.413. The summed E-state index contributed by atoms with van der Waals surface area (Å²) in [6.45, 7) is 8.17. The van der Waals surface area contributed by atoms with Crippen LogP contribution in [0.1, 0.15) is 33.1 Å². The molecular weight excluding hydrogens is 318 g/mol. The Labute approximate surface area is 149 Å². The van der Waals surface area contributed by atoms with Crippen LogP contribution in [0, 0.1) is 5.92 Å². The molecule has 1 aliphatic rings. The first-order chi connectivity index (χ1) is 12.1. The van der Waals surface area contributed by atoms with Gasteiger partial charge in [-0.3, -0.25) is 9.59 Å². The lowest BCUT2D eigenvalue weighted by atomic mass is 10.1. The van der Waals surface area contributed by atoms with E-state index in [4.69, 9.17) is 4.74 Å². The lowest BCUT2D eigenvalue weighted by Gasteiger charge is -2.29. The Morgan fingerprint density at radius 1 is 1.16 bits per heavy atom. The number of nitrogens with zero attached hydrogens (tertiary/aromatic N) is 1. The van der Waals surface area contributed by atoms with Crippen LogP contribution in [-0.2, 0) is 9.59 Å². The number of piperidine rings is 1. The smallest absolute Gasteiger partial charge is 0.313 e. The van der Waals surface area contributed by atoms with Crippen molar-refractivity contribution in [2.24, 2.45) is 5.92 Å². The molecule has 6 nitrogen and oxygen atoms in total. The molecule has 1 saturated heterocycles. The van der Waals surface area contributed by atoms with Crippen molar-refractivity contribution in [3.8, 4) is 5.75 Å². The Bertz CT molecular complexity index is 571. The highest BCUT2D eigenvalue weighted by Crippen LogP contribution is 2.23. The number of nitrogens with one attached hydrogen (secondary N) is 2. The van der Waals surface area contributed by atoms with Crippen LogP contribution in [0.25, 0.3) is 0 Å². The molecule has 1 fully saturated rings. The maximum atomic E-state index is 12.1. The highest BCUT2D eigenvalue weighted by molar-refractivity contribution is 6.39. The average Bonchev–Trinajstić information content (AvgIpc) is 2.62. The van der Waals surface area contributed by atoms with Gasteiger partial charge in [0.05, 0.1) is 12.3 Å². The molecule has 0 spiro atoms. The molecule has 1 aromatic rings. The molecule has 2 amide bonds. The van der Waals surface area contributed by atoms with Crippen molar-refractivity contribution in [3.63, 3.8) is 0 Å². The summed E-state index contributed by atoms with van der Waals surface area (Å²) in [5.41, 5.74) is 0.505. The minimum atomic E-state index is -0.669. The fourth-order valence-electron chi connectivity index (χ4n) is 3.02. The van der Waals surface area contributed by atoms with Crippen LogP contribution in [0.3, 0.4) is 0 Å². The molecule has 1 aliphatic heterocycles. The van der Waals surface area contributed by atoms with Crippen LogP contribution in [0.4, 0.5) is 5.69 Å². The zero-order valence-electron chi connectivity index (χ0n) is 15.2. The van der Waals surface area contributed by atoms with Crippen LogP contribution in [-0.4, -0.2) is 49.5 Å². The van der Waals surface area contributed by atoms with E-state index in [9.17, 15) is 9.59 Å². The first-order valence-corrected chi connectivity index (χ1v) is 9.13. The quantitative estimate of drug-likeness (QED) is 0.742. The molecule has 0 saturated carbocycles. The SMILES string of the molecule is CCOc1ccccc1NC(=O)C(=O)NCC(C)CN1CCCCC1. The number of likely N-dealkylation sites (tertiary alicyclic amines) is 1. The van der Waals surface area contributed by atoms with Crippen molar-refractivity contribution in [1.29, 1.82) is 0 Å². The number of carbonyl (C=O) groups is 2. The van der Waals surface area contributed by atoms with Gasteiger partial charge >= 0.3 is 11.8 Å². The summed E-state index contributed by atoms with van der Waals surface area (Å²) >= 11 is 0. The predicted molar refractivity (Wildman–Crippen MR) is 98.7 cm³/mol. The molecule has 1 unspecified atom stereocenters. The van der Waals surface area contributed by atoms with Gasteiger partial charge in [0.2, 0.25) is 0 Å². The van der Waals surface area contributed by atoms with Gasteiger partial charge in [-0.1, -0.05) is 25.5 Å². The highest BCUT2D eigenvalue weighted by Gasteiger charge is 2.18. The molecule has 25 heavy (non-hydrogen) atoms. The number of anilines is 1. The van der Waals surface area contributed by atoms with Crippen LogP contribution in [0.2, 0.25) is 0 Å². The molecule has 2 rings (SSSR count). The predicted octanol–water partition coefficient (Wildman–Crippen LogP) is 2.26. The molecule has 138 valence electrons. The largest absolute Gasteiger partial charge is 0.492 e. The Hall–Kier alpha value is -2.08. The summed E-state index contributed by atoms with van der Waals surface area (Å²) in [5, 5.41) is 5.34. The van der Waals surface area contributed by atoms with E-state index in [1.807, 2.05) is 13.0 Å². The molecule has 1 atom stereocenters. The molecule has 0 radical (unpaired) electrons. The van der Waals surface area contributed by atoms with E-state index in [0.29, 0.717) is 30.5 Å². The van der Waals surface area contributed by atoms with Gasteiger partial charge in [-0.05, 0) is 50.9 Å². The van der Waals surface area contributed by atoms with E-state index in [0.717, 1.165) is 19.6 Å². The summed E-state index contributed by atoms with van der Waals surface area (Å²) < 4.78 is 5.45. The van der Waals surface area contributed by atoms with Gasteiger partial charge in [0, 0.05) is 13.1 Å². The molecule has 0 bridgehead atoms. The minimum Gasteiger partial charge on any atom is -0.492 e. The van der Waals surface area contributed by atoms with Crippen LogP contribution >= 0.6 is 0 Å². The first-order valence-electron chi connectivity index (χ1n) is 9.13. The second-order valence-electron chi connectivity index (χ2n) is 6.56. The Kier molecular flexibility index (Phi) is 7.73. The number of ether oxygens (including phenoxy) is 1. The van der Waals surface area contributed by atoms with Gasteiger partial charge in [0.1, 0.15) is 5.75 Å². The van der Waals surface area contributed by atoms with E-state index in [2.05, 4.69) is 22.5 Å². The van der Waals surface area contributed by atoms with Gasteiger partial charge in [0.25, 0.3) is 0 Å². The van der Waals surface area contributed by atoms with Crippen molar-refractivity contribution in [3.05, 3.63) is 24.3 Å². The van der Waals surface area contributed by atoms with Crippen molar-refractivity contribution >= 4 is 17.5 Å². The Morgan fingerprint density at radius 2 is 1.88 bits per heavy atom. The highest BCUT2D eigenvalue weighted by atomic mass is 16.5. The second kappa shape index (κ2) is 10.0. The molecule has 2 N–H and O–H groups in total.